The second-order valence-electron chi connectivity index (χ2n) is 3.97. The molecule has 0 atom stereocenters. The second-order valence-corrected chi connectivity index (χ2v) is 3.97. The van der Waals surface area contributed by atoms with E-state index < -0.39 is 5.97 Å². The maximum Gasteiger partial charge on any atom is 0.303 e. The van der Waals surface area contributed by atoms with Crippen LogP contribution in [0.1, 0.15) is 71.1 Å². The largest absolute Gasteiger partial charge is 0.481 e. The fourth-order valence-electron chi connectivity index (χ4n) is 1.59. The summed E-state index contributed by atoms with van der Waals surface area (Å²) in [6, 6.07) is 0. The smallest absolute Gasteiger partial charge is 0.303 e. The van der Waals surface area contributed by atoms with Gasteiger partial charge in [0.1, 0.15) is 0 Å². The van der Waals surface area contributed by atoms with E-state index in [-0.39, 0.29) is 24.7 Å². The molecule has 0 fully saturated rings. The van der Waals surface area contributed by atoms with Gasteiger partial charge in [0.2, 0.25) is 0 Å². The highest BCUT2D eigenvalue weighted by Crippen LogP contribution is 2.10. The van der Waals surface area contributed by atoms with Crippen LogP contribution in [0.5, 0.6) is 0 Å². The lowest BCUT2D eigenvalue weighted by atomic mass is 10.1. The van der Waals surface area contributed by atoms with E-state index in [9.17, 15) is 4.79 Å². The van der Waals surface area contributed by atoms with Crippen LogP contribution in [0.15, 0.2) is 0 Å². The van der Waals surface area contributed by atoms with Gasteiger partial charge in [-0.3, -0.25) is 4.79 Å². The first-order chi connectivity index (χ1) is 6.77. The normalized spacial score (nSPS) is 8.53. The molecule has 0 aromatic carbocycles. The van der Waals surface area contributed by atoms with Crippen molar-refractivity contribution in [3.05, 3.63) is 0 Å². The first kappa shape index (κ1) is 25.5. The van der Waals surface area contributed by atoms with Crippen molar-refractivity contribution in [1.29, 1.82) is 0 Å². The molecule has 5 heteroatoms. The minimum absolute atomic E-state index is 0. The predicted molar refractivity (Wildman–Crippen MR) is 76.8 cm³/mol. The molecule has 0 rings (SSSR count). The minimum Gasteiger partial charge on any atom is -0.481 e. The van der Waals surface area contributed by atoms with Crippen molar-refractivity contribution >= 4 is 18.4 Å². The van der Waals surface area contributed by atoms with E-state index in [0.29, 0.717) is 6.42 Å². The maximum atomic E-state index is 10.2. The van der Waals surface area contributed by atoms with Crippen LogP contribution >= 0.6 is 12.4 Å². The third-order valence-electron chi connectivity index (χ3n) is 2.49. The van der Waals surface area contributed by atoms with E-state index >= 15 is 0 Å². The summed E-state index contributed by atoms with van der Waals surface area (Å²) in [5.41, 5.74) is 0. The Balaban J connectivity index is -0.000000282. The molecule has 0 spiro atoms. The molecule has 0 heterocycles. The quantitative estimate of drug-likeness (QED) is 0.498. The molecule has 0 aliphatic rings. The lowest BCUT2D eigenvalue weighted by Gasteiger charge is -2.00. The summed E-state index contributed by atoms with van der Waals surface area (Å²) in [6.07, 6.45) is 11.5. The van der Waals surface area contributed by atoms with Crippen LogP contribution in [0.3, 0.4) is 0 Å². The highest BCUT2D eigenvalue weighted by molar-refractivity contribution is 5.85. The molecule has 108 valence electrons. The van der Waals surface area contributed by atoms with Gasteiger partial charge < -0.3 is 17.4 Å². The van der Waals surface area contributed by atoms with Crippen LogP contribution in [0.2, 0.25) is 0 Å². The van der Waals surface area contributed by atoms with Gasteiger partial charge in [-0.15, -0.1) is 12.4 Å². The van der Waals surface area contributed by atoms with Gasteiger partial charge in [0.25, 0.3) is 0 Å². The zero-order valence-electron chi connectivity index (χ0n) is 11.2. The Morgan fingerprint density at radius 1 is 0.824 bits per heavy atom. The second kappa shape index (κ2) is 21.0. The van der Waals surface area contributed by atoms with Crippen molar-refractivity contribution in [2.24, 2.45) is 0 Å². The van der Waals surface area contributed by atoms with E-state index in [1.54, 1.807) is 0 Å². The average Bonchev–Trinajstić information content (AvgIpc) is 2.15. The topological polar surface area (TPSA) is 107 Å². The van der Waals surface area contributed by atoms with E-state index in [0.717, 1.165) is 12.8 Å². The molecule has 0 aliphatic carbocycles. The Hall–Kier alpha value is -0.320. The van der Waals surface area contributed by atoms with E-state index in [1.165, 1.54) is 44.9 Å². The number of carboxylic acids is 1. The SMILES string of the molecule is CCCCCCCCCCCC(=O)O.Cl.N.N. The van der Waals surface area contributed by atoms with Crippen molar-refractivity contribution in [2.75, 3.05) is 0 Å². The summed E-state index contributed by atoms with van der Waals surface area (Å²) < 4.78 is 0. The van der Waals surface area contributed by atoms with Crippen LogP contribution < -0.4 is 12.3 Å². The molecule has 4 nitrogen and oxygen atoms in total. The standard InChI is InChI=1S/C12H24O2.ClH.2H3N/c1-2-3-4-5-6-7-8-9-10-11-12(13)14;;;/h2-11H2,1H3,(H,13,14);1H;2*1H3. The molecule has 0 aromatic heterocycles. The Kier molecular flexibility index (Phi) is 31.5. The maximum absolute atomic E-state index is 10.2. The van der Waals surface area contributed by atoms with Crippen LogP contribution in [0.4, 0.5) is 0 Å². The monoisotopic (exact) mass is 270 g/mol. The summed E-state index contributed by atoms with van der Waals surface area (Å²) in [6.45, 7) is 2.23. The third kappa shape index (κ3) is 25.7. The third-order valence-corrected chi connectivity index (χ3v) is 2.49. The first-order valence-electron chi connectivity index (χ1n) is 5.99. The van der Waals surface area contributed by atoms with Gasteiger partial charge in [0.05, 0.1) is 0 Å². The highest BCUT2D eigenvalue weighted by Gasteiger charge is 1.96. The average molecular weight is 271 g/mol. The van der Waals surface area contributed by atoms with Crippen molar-refractivity contribution in [2.45, 2.75) is 71.1 Å². The number of hydrogen-bond donors (Lipinski definition) is 3. The van der Waals surface area contributed by atoms with Gasteiger partial charge in [0.15, 0.2) is 0 Å². The van der Waals surface area contributed by atoms with Crippen LogP contribution in [0.25, 0.3) is 0 Å². The number of hydrogen-bond acceptors (Lipinski definition) is 3. The Labute approximate surface area is 112 Å². The molecule has 0 radical (unpaired) electrons. The highest BCUT2D eigenvalue weighted by atomic mass is 35.5. The lowest BCUT2D eigenvalue weighted by Crippen LogP contribution is -1.93. The van der Waals surface area contributed by atoms with E-state index in [2.05, 4.69) is 6.92 Å². The van der Waals surface area contributed by atoms with Gasteiger partial charge >= 0.3 is 5.97 Å². The van der Waals surface area contributed by atoms with Crippen molar-refractivity contribution < 1.29 is 9.90 Å². The Bertz CT molecular complexity index is 146. The van der Waals surface area contributed by atoms with Gasteiger partial charge in [0, 0.05) is 6.42 Å². The molecular weight excluding hydrogens is 240 g/mol. The molecule has 0 saturated carbocycles. The van der Waals surface area contributed by atoms with E-state index in [4.69, 9.17) is 5.11 Å². The summed E-state index contributed by atoms with van der Waals surface area (Å²) in [5, 5.41) is 8.41. The number of unbranched alkanes of at least 4 members (excludes halogenated alkanes) is 8. The summed E-state index contributed by atoms with van der Waals surface area (Å²) in [5.74, 6) is -0.659. The molecule has 17 heavy (non-hydrogen) atoms. The van der Waals surface area contributed by atoms with Crippen LogP contribution in [-0.4, -0.2) is 11.1 Å². The molecular formula is C12H31ClN2O2. The zero-order valence-corrected chi connectivity index (χ0v) is 12.1. The van der Waals surface area contributed by atoms with Gasteiger partial charge in [-0.25, -0.2) is 0 Å². The van der Waals surface area contributed by atoms with Crippen LogP contribution in [-0.2, 0) is 4.79 Å². The molecule has 0 saturated heterocycles. The number of halogens is 1. The molecule has 0 amide bonds. The van der Waals surface area contributed by atoms with Gasteiger partial charge in [-0.1, -0.05) is 58.3 Å². The van der Waals surface area contributed by atoms with E-state index in [1.807, 2.05) is 0 Å². The Morgan fingerprint density at radius 3 is 1.53 bits per heavy atom. The number of aliphatic carboxylic acids is 1. The number of carboxylic acid groups (broad SMARTS) is 1. The number of rotatable bonds is 10. The summed E-state index contributed by atoms with van der Waals surface area (Å²) in [7, 11) is 0. The van der Waals surface area contributed by atoms with Gasteiger partial charge in [-0.05, 0) is 6.42 Å². The predicted octanol–water partition coefficient (Wildman–Crippen LogP) is 4.74. The molecule has 0 unspecified atom stereocenters. The fraction of sp³-hybridized carbons (Fsp3) is 0.917. The number of carbonyl (C=O) groups is 1. The zero-order chi connectivity index (χ0) is 10.6. The van der Waals surface area contributed by atoms with Crippen LogP contribution in [0, 0.1) is 0 Å². The molecule has 0 aromatic rings. The summed E-state index contributed by atoms with van der Waals surface area (Å²) in [4.78, 5) is 10.2. The van der Waals surface area contributed by atoms with Crippen molar-refractivity contribution in [3.63, 3.8) is 0 Å². The summed E-state index contributed by atoms with van der Waals surface area (Å²) >= 11 is 0. The minimum atomic E-state index is -0.659. The molecule has 7 N–H and O–H groups in total. The van der Waals surface area contributed by atoms with Gasteiger partial charge in [-0.2, -0.15) is 0 Å². The Morgan fingerprint density at radius 2 is 1.18 bits per heavy atom. The fourth-order valence-corrected chi connectivity index (χ4v) is 1.59. The molecule has 0 bridgehead atoms. The first-order valence-corrected chi connectivity index (χ1v) is 5.99. The lowest BCUT2D eigenvalue weighted by molar-refractivity contribution is -0.137. The van der Waals surface area contributed by atoms with Crippen molar-refractivity contribution in [3.8, 4) is 0 Å². The van der Waals surface area contributed by atoms with Crippen molar-refractivity contribution in [1.82, 2.24) is 12.3 Å². The molecule has 0 aliphatic heterocycles.